The number of rotatable bonds is 7. The van der Waals surface area contributed by atoms with Crippen molar-refractivity contribution in [3.8, 4) is 5.75 Å². The first-order chi connectivity index (χ1) is 14.6. The molecular formula is C22H26Cl2N2O4S. The van der Waals surface area contributed by atoms with Crippen molar-refractivity contribution < 1.29 is 17.9 Å². The summed E-state index contributed by atoms with van der Waals surface area (Å²) in [4.78, 5) is 13.0. The number of carbonyl (C=O) groups is 1. The summed E-state index contributed by atoms with van der Waals surface area (Å²) in [6, 6.07) is 11.8. The van der Waals surface area contributed by atoms with Crippen molar-refractivity contribution in [2.24, 2.45) is 0 Å². The maximum Gasteiger partial charge on any atom is 0.241 e. The van der Waals surface area contributed by atoms with E-state index in [9.17, 15) is 13.2 Å². The van der Waals surface area contributed by atoms with Crippen molar-refractivity contribution in [3.05, 3.63) is 58.1 Å². The Hall–Kier alpha value is -1.96. The summed E-state index contributed by atoms with van der Waals surface area (Å²) >= 11 is 12.2. The lowest BCUT2D eigenvalue weighted by atomic mass is 9.83. The lowest BCUT2D eigenvalue weighted by Gasteiger charge is -2.41. The number of fused-ring (bicyclic) bond motifs is 1. The summed E-state index contributed by atoms with van der Waals surface area (Å²) in [5.74, 6) is 0.296. The average Bonchev–Trinajstić information content (AvgIpc) is 2.73. The molecule has 2 aromatic rings. The highest BCUT2D eigenvalue weighted by Gasteiger charge is 2.39. The molecule has 1 aliphatic heterocycles. The second-order valence-electron chi connectivity index (χ2n) is 7.72. The van der Waals surface area contributed by atoms with Gasteiger partial charge in [0.05, 0.1) is 23.0 Å². The molecule has 0 radical (unpaired) electrons. The summed E-state index contributed by atoms with van der Waals surface area (Å²) in [5.41, 5.74) is 0.648. The Morgan fingerprint density at radius 2 is 1.87 bits per heavy atom. The van der Waals surface area contributed by atoms with Gasteiger partial charge in [0, 0.05) is 17.0 Å². The molecule has 1 amide bonds. The maximum atomic E-state index is 13.0. The summed E-state index contributed by atoms with van der Waals surface area (Å²) < 4.78 is 32.1. The van der Waals surface area contributed by atoms with Crippen LogP contribution in [0.1, 0.15) is 44.7 Å². The van der Waals surface area contributed by atoms with Crippen LogP contribution < -0.4 is 14.4 Å². The summed E-state index contributed by atoms with van der Waals surface area (Å²) in [6.07, 6.45) is 3.20. The molecule has 2 aromatic carbocycles. The van der Waals surface area contributed by atoms with Gasteiger partial charge in [-0.2, -0.15) is 0 Å². The van der Waals surface area contributed by atoms with E-state index in [-0.39, 0.29) is 22.4 Å². The molecule has 6 nitrogen and oxygen atoms in total. The first-order valence-corrected chi connectivity index (χ1v) is 12.7. The van der Waals surface area contributed by atoms with Gasteiger partial charge in [0.15, 0.2) is 0 Å². The van der Waals surface area contributed by atoms with E-state index >= 15 is 0 Å². The summed E-state index contributed by atoms with van der Waals surface area (Å²) in [6.45, 7) is 3.70. The van der Waals surface area contributed by atoms with Crippen molar-refractivity contribution in [2.75, 3.05) is 17.1 Å². The number of amides is 1. The van der Waals surface area contributed by atoms with E-state index in [1.165, 1.54) is 12.1 Å². The van der Waals surface area contributed by atoms with E-state index in [1.54, 1.807) is 6.07 Å². The largest absolute Gasteiger partial charge is 0.487 e. The monoisotopic (exact) mass is 484 g/mol. The van der Waals surface area contributed by atoms with Gasteiger partial charge in [0.1, 0.15) is 17.9 Å². The Morgan fingerprint density at radius 3 is 2.52 bits per heavy atom. The van der Waals surface area contributed by atoms with Crippen LogP contribution in [-0.4, -0.2) is 32.7 Å². The number of para-hydroxylation sites is 1. The molecule has 9 heteroatoms. The average molecular weight is 485 g/mol. The molecule has 0 aromatic heterocycles. The van der Waals surface area contributed by atoms with Gasteiger partial charge in [-0.15, -0.1) is 0 Å². The first kappa shape index (κ1) is 23.7. The molecular weight excluding hydrogens is 459 g/mol. The second kappa shape index (κ2) is 9.27. The van der Waals surface area contributed by atoms with Crippen LogP contribution in [-0.2, 0) is 14.8 Å². The zero-order valence-electron chi connectivity index (χ0n) is 17.7. The molecule has 31 heavy (non-hydrogen) atoms. The van der Waals surface area contributed by atoms with Crippen LogP contribution in [0.25, 0.3) is 0 Å². The fourth-order valence-electron chi connectivity index (χ4n) is 3.86. The van der Waals surface area contributed by atoms with Gasteiger partial charge in [0.2, 0.25) is 15.9 Å². The summed E-state index contributed by atoms with van der Waals surface area (Å²) in [7, 11) is -3.78. The molecule has 0 aliphatic carbocycles. The molecule has 0 fully saturated rings. The van der Waals surface area contributed by atoms with Gasteiger partial charge in [0.25, 0.3) is 0 Å². The van der Waals surface area contributed by atoms with E-state index in [4.69, 9.17) is 27.9 Å². The first-order valence-electron chi connectivity index (χ1n) is 10.1. The van der Waals surface area contributed by atoms with Gasteiger partial charge in [-0.25, -0.2) is 8.42 Å². The van der Waals surface area contributed by atoms with Crippen molar-refractivity contribution in [2.45, 2.75) is 44.8 Å². The molecule has 0 bridgehead atoms. The predicted molar refractivity (Wildman–Crippen MR) is 125 cm³/mol. The van der Waals surface area contributed by atoms with Crippen molar-refractivity contribution >= 4 is 44.8 Å². The van der Waals surface area contributed by atoms with Gasteiger partial charge < -0.3 is 10.1 Å². The third-order valence-corrected chi connectivity index (χ3v) is 7.37. The second-order valence-corrected chi connectivity index (χ2v) is 10.5. The zero-order valence-corrected chi connectivity index (χ0v) is 20.0. The van der Waals surface area contributed by atoms with Crippen molar-refractivity contribution in [1.29, 1.82) is 0 Å². The molecule has 1 atom stereocenters. The molecule has 1 unspecified atom stereocenters. The van der Waals surface area contributed by atoms with Crippen LogP contribution >= 0.6 is 23.2 Å². The van der Waals surface area contributed by atoms with Gasteiger partial charge in [-0.3, -0.25) is 9.10 Å². The number of nitrogens with zero attached hydrogens (tertiary/aromatic N) is 1. The number of benzene rings is 2. The third kappa shape index (κ3) is 5.27. The van der Waals surface area contributed by atoms with Crippen LogP contribution in [0.2, 0.25) is 10.0 Å². The van der Waals surface area contributed by atoms with Gasteiger partial charge >= 0.3 is 0 Å². The van der Waals surface area contributed by atoms with Gasteiger partial charge in [-0.1, -0.05) is 55.2 Å². The van der Waals surface area contributed by atoms with E-state index in [0.717, 1.165) is 34.7 Å². The third-order valence-electron chi connectivity index (χ3n) is 5.69. The lowest BCUT2D eigenvalue weighted by molar-refractivity contribution is -0.121. The fraction of sp³-hybridized carbons (Fsp3) is 0.409. The molecule has 1 N–H and O–H groups in total. The highest BCUT2D eigenvalue weighted by atomic mass is 35.5. The quantitative estimate of drug-likeness (QED) is 0.602. The standard InChI is InChI=1S/C22H26Cl2N2O4S/c1-4-22(5-2)13-18(16-8-6-7-9-20(16)30-22)25-21(27)14-26(31(3,28)29)19-12-15(23)10-11-17(19)24/h6-12,18H,4-5,13-14H2,1-3H3,(H,25,27). The van der Waals surface area contributed by atoms with Crippen LogP contribution in [0.5, 0.6) is 5.75 Å². The topological polar surface area (TPSA) is 75.7 Å². The molecule has 1 heterocycles. The highest BCUT2D eigenvalue weighted by molar-refractivity contribution is 7.92. The van der Waals surface area contributed by atoms with E-state index in [0.29, 0.717) is 11.4 Å². The Balaban J connectivity index is 1.88. The summed E-state index contributed by atoms with van der Waals surface area (Å²) in [5, 5.41) is 3.52. The molecule has 3 rings (SSSR count). The number of ether oxygens (including phenoxy) is 1. The SMILES string of the molecule is CCC1(CC)CC(NC(=O)CN(c2cc(Cl)ccc2Cl)S(C)(=O)=O)c2ccccc2O1. The van der Waals surface area contributed by atoms with Crippen LogP contribution in [0, 0.1) is 0 Å². The van der Waals surface area contributed by atoms with E-state index in [2.05, 4.69) is 19.2 Å². The van der Waals surface area contributed by atoms with E-state index < -0.39 is 22.5 Å². The minimum absolute atomic E-state index is 0.163. The minimum atomic E-state index is -3.78. The molecule has 0 spiro atoms. The number of hydrogen-bond acceptors (Lipinski definition) is 4. The molecule has 0 saturated carbocycles. The Bertz CT molecular complexity index is 1070. The molecule has 0 saturated heterocycles. The number of sulfonamides is 1. The fourth-order valence-corrected chi connectivity index (χ4v) is 5.15. The Kier molecular flexibility index (Phi) is 7.08. The Labute approximate surface area is 193 Å². The van der Waals surface area contributed by atoms with Crippen LogP contribution in [0.15, 0.2) is 42.5 Å². The van der Waals surface area contributed by atoms with Crippen LogP contribution in [0.4, 0.5) is 5.69 Å². The number of nitrogens with one attached hydrogen (secondary N) is 1. The normalized spacial score (nSPS) is 17.4. The Morgan fingerprint density at radius 1 is 1.19 bits per heavy atom. The zero-order chi connectivity index (χ0) is 22.8. The van der Waals surface area contributed by atoms with Crippen molar-refractivity contribution in [3.63, 3.8) is 0 Å². The maximum absolute atomic E-state index is 13.0. The predicted octanol–water partition coefficient (Wildman–Crippen LogP) is 4.96. The lowest BCUT2D eigenvalue weighted by Crippen LogP contribution is -2.47. The molecule has 168 valence electrons. The number of hydrogen-bond donors (Lipinski definition) is 1. The van der Waals surface area contributed by atoms with Gasteiger partial charge in [-0.05, 0) is 37.1 Å². The number of anilines is 1. The smallest absolute Gasteiger partial charge is 0.241 e. The van der Waals surface area contributed by atoms with E-state index in [1.807, 2.05) is 24.3 Å². The van der Waals surface area contributed by atoms with Crippen molar-refractivity contribution in [1.82, 2.24) is 5.32 Å². The number of carbonyl (C=O) groups excluding carboxylic acids is 1. The van der Waals surface area contributed by atoms with Crippen LogP contribution in [0.3, 0.4) is 0 Å². The highest BCUT2D eigenvalue weighted by Crippen LogP contribution is 2.42. The number of halogens is 2. The minimum Gasteiger partial charge on any atom is -0.487 e. The molecule has 1 aliphatic rings.